The van der Waals surface area contributed by atoms with Crippen LogP contribution in [0.5, 0.6) is 0 Å². The lowest BCUT2D eigenvalue weighted by Gasteiger charge is -2.36. The second-order valence-corrected chi connectivity index (χ2v) is 8.53. The highest BCUT2D eigenvalue weighted by molar-refractivity contribution is 8.01. The minimum Gasteiger partial charge on any atom is -0.360 e. The average Bonchev–Trinajstić information content (AvgIpc) is 2.98. The fourth-order valence-electron chi connectivity index (χ4n) is 2.16. The summed E-state index contributed by atoms with van der Waals surface area (Å²) in [6.07, 6.45) is 0. The first-order chi connectivity index (χ1) is 11.4. The SMILES string of the molecule is CCNc1nnc(SCC(=O)N(Cc2ccccc2)C(C)(C)C)s1. The maximum Gasteiger partial charge on any atom is 0.233 e. The van der Waals surface area contributed by atoms with E-state index in [4.69, 9.17) is 0 Å². The van der Waals surface area contributed by atoms with Crippen LogP contribution in [0.4, 0.5) is 5.13 Å². The minimum atomic E-state index is -0.233. The van der Waals surface area contributed by atoms with Gasteiger partial charge in [0.1, 0.15) is 0 Å². The quantitative estimate of drug-likeness (QED) is 0.755. The minimum absolute atomic E-state index is 0.108. The molecule has 0 aliphatic carbocycles. The number of carbonyl (C=O) groups is 1. The summed E-state index contributed by atoms with van der Waals surface area (Å²) in [4.78, 5) is 14.7. The van der Waals surface area contributed by atoms with E-state index < -0.39 is 0 Å². The summed E-state index contributed by atoms with van der Waals surface area (Å²) in [5.74, 6) is 0.474. The van der Waals surface area contributed by atoms with Crippen LogP contribution in [0.2, 0.25) is 0 Å². The normalized spacial score (nSPS) is 11.3. The van der Waals surface area contributed by atoms with Crippen molar-refractivity contribution in [2.24, 2.45) is 0 Å². The number of amides is 1. The Kier molecular flexibility index (Phi) is 6.62. The molecule has 0 unspecified atom stereocenters. The number of rotatable bonds is 7. The van der Waals surface area contributed by atoms with Gasteiger partial charge in [-0.25, -0.2) is 0 Å². The third kappa shape index (κ3) is 5.49. The number of hydrogen-bond donors (Lipinski definition) is 1. The number of aromatic nitrogens is 2. The molecule has 24 heavy (non-hydrogen) atoms. The summed E-state index contributed by atoms with van der Waals surface area (Å²) in [5.41, 5.74) is 0.903. The molecule has 7 heteroatoms. The first-order valence-corrected chi connectivity index (χ1v) is 9.75. The van der Waals surface area contributed by atoms with Gasteiger partial charge in [-0.15, -0.1) is 10.2 Å². The lowest BCUT2D eigenvalue weighted by atomic mass is 10.0. The average molecular weight is 365 g/mol. The first kappa shape index (κ1) is 18.7. The van der Waals surface area contributed by atoms with E-state index in [2.05, 4.69) is 36.3 Å². The molecular weight excluding hydrogens is 340 g/mol. The molecule has 1 aromatic heterocycles. The second-order valence-electron chi connectivity index (χ2n) is 6.33. The molecule has 2 rings (SSSR count). The molecule has 0 saturated heterocycles. The van der Waals surface area contributed by atoms with Crippen LogP contribution in [0.3, 0.4) is 0 Å². The van der Waals surface area contributed by atoms with Gasteiger partial charge in [-0.1, -0.05) is 53.4 Å². The Morgan fingerprint density at radius 1 is 1.25 bits per heavy atom. The van der Waals surface area contributed by atoms with Gasteiger partial charge >= 0.3 is 0 Å². The number of thioether (sulfide) groups is 1. The van der Waals surface area contributed by atoms with E-state index in [1.54, 1.807) is 0 Å². The van der Waals surface area contributed by atoms with Crippen LogP contribution >= 0.6 is 23.1 Å². The van der Waals surface area contributed by atoms with Crippen LogP contribution < -0.4 is 5.32 Å². The summed E-state index contributed by atoms with van der Waals surface area (Å²) in [6, 6.07) is 10.1. The fourth-order valence-corrected chi connectivity index (χ4v) is 3.85. The van der Waals surface area contributed by atoms with E-state index in [1.165, 1.54) is 23.1 Å². The Labute approximate surface area is 151 Å². The Balaban J connectivity index is 1.99. The van der Waals surface area contributed by atoms with Gasteiger partial charge in [-0.05, 0) is 33.3 Å². The molecule has 1 N–H and O–H groups in total. The molecule has 0 aliphatic heterocycles. The van der Waals surface area contributed by atoms with Crippen molar-refractivity contribution in [3.8, 4) is 0 Å². The van der Waals surface area contributed by atoms with Gasteiger partial charge < -0.3 is 10.2 Å². The molecule has 0 atom stereocenters. The van der Waals surface area contributed by atoms with Gasteiger partial charge in [0.05, 0.1) is 5.75 Å². The molecule has 1 heterocycles. The molecule has 0 saturated carbocycles. The van der Waals surface area contributed by atoms with Crippen molar-refractivity contribution < 1.29 is 4.79 Å². The van der Waals surface area contributed by atoms with E-state index in [1.807, 2.05) is 42.2 Å². The summed E-state index contributed by atoms with van der Waals surface area (Å²) in [6.45, 7) is 9.63. The predicted octanol–water partition coefficient (Wildman–Crippen LogP) is 3.89. The standard InChI is InChI=1S/C17H24N4OS2/c1-5-18-15-19-20-16(24-15)23-12-14(22)21(17(2,3)4)11-13-9-7-6-8-10-13/h6-10H,5,11-12H2,1-4H3,(H,18,19). The molecule has 0 radical (unpaired) electrons. The zero-order chi connectivity index (χ0) is 17.6. The number of nitrogens with one attached hydrogen (secondary N) is 1. The van der Waals surface area contributed by atoms with Crippen molar-refractivity contribution >= 4 is 34.1 Å². The topological polar surface area (TPSA) is 58.1 Å². The van der Waals surface area contributed by atoms with Crippen molar-refractivity contribution in [3.63, 3.8) is 0 Å². The zero-order valence-electron chi connectivity index (χ0n) is 14.6. The lowest BCUT2D eigenvalue weighted by molar-refractivity contribution is -0.133. The largest absolute Gasteiger partial charge is 0.360 e. The Bertz CT molecular complexity index is 652. The van der Waals surface area contributed by atoms with Gasteiger partial charge in [0, 0.05) is 18.6 Å². The van der Waals surface area contributed by atoms with E-state index in [0.717, 1.165) is 21.6 Å². The highest BCUT2D eigenvalue weighted by Crippen LogP contribution is 2.27. The molecule has 0 aliphatic rings. The van der Waals surface area contributed by atoms with Crippen molar-refractivity contribution in [1.82, 2.24) is 15.1 Å². The Hall–Kier alpha value is -1.60. The van der Waals surface area contributed by atoms with E-state index in [9.17, 15) is 4.79 Å². The number of nitrogens with zero attached hydrogens (tertiary/aromatic N) is 3. The predicted molar refractivity (Wildman–Crippen MR) is 102 cm³/mol. The maximum absolute atomic E-state index is 12.7. The van der Waals surface area contributed by atoms with Crippen molar-refractivity contribution in [1.29, 1.82) is 0 Å². The molecule has 1 aromatic carbocycles. The molecule has 5 nitrogen and oxygen atoms in total. The third-order valence-electron chi connectivity index (χ3n) is 3.35. The number of hydrogen-bond acceptors (Lipinski definition) is 6. The van der Waals surface area contributed by atoms with E-state index in [-0.39, 0.29) is 11.4 Å². The Morgan fingerprint density at radius 2 is 1.96 bits per heavy atom. The highest BCUT2D eigenvalue weighted by atomic mass is 32.2. The second kappa shape index (κ2) is 8.48. The third-order valence-corrected chi connectivity index (χ3v) is 5.35. The number of anilines is 1. The number of carbonyl (C=O) groups excluding carboxylic acids is 1. The summed E-state index contributed by atoms with van der Waals surface area (Å²) >= 11 is 2.93. The number of benzene rings is 1. The van der Waals surface area contributed by atoms with Crippen LogP contribution in [0.1, 0.15) is 33.3 Å². The summed E-state index contributed by atoms with van der Waals surface area (Å²) < 4.78 is 0.813. The van der Waals surface area contributed by atoms with Crippen molar-refractivity contribution in [3.05, 3.63) is 35.9 Å². The van der Waals surface area contributed by atoms with Crippen LogP contribution in [0.25, 0.3) is 0 Å². The fraction of sp³-hybridized carbons (Fsp3) is 0.471. The summed E-state index contributed by atoms with van der Waals surface area (Å²) in [5, 5.41) is 12.1. The molecule has 0 bridgehead atoms. The van der Waals surface area contributed by atoms with E-state index in [0.29, 0.717) is 12.3 Å². The summed E-state index contributed by atoms with van der Waals surface area (Å²) in [7, 11) is 0. The maximum atomic E-state index is 12.7. The van der Waals surface area contributed by atoms with Gasteiger partial charge in [-0.2, -0.15) is 0 Å². The molecule has 130 valence electrons. The molecular formula is C17H24N4OS2. The lowest BCUT2D eigenvalue weighted by Crippen LogP contribution is -2.45. The van der Waals surface area contributed by atoms with Gasteiger partial charge in [0.2, 0.25) is 11.0 Å². The van der Waals surface area contributed by atoms with Gasteiger partial charge in [0.15, 0.2) is 4.34 Å². The van der Waals surface area contributed by atoms with Crippen LogP contribution in [0.15, 0.2) is 34.7 Å². The van der Waals surface area contributed by atoms with Crippen LogP contribution in [0, 0.1) is 0 Å². The van der Waals surface area contributed by atoms with Gasteiger partial charge in [0.25, 0.3) is 0 Å². The van der Waals surface area contributed by atoms with Crippen LogP contribution in [-0.2, 0) is 11.3 Å². The zero-order valence-corrected chi connectivity index (χ0v) is 16.2. The highest BCUT2D eigenvalue weighted by Gasteiger charge is 2.26. The van der Waals surface area contributed by atoms with Gasteiger partial charge in [-0.3, -0.25) is 4.79 Å². The van der Waals surface area contributed by atoms with Crippen molar-refractivity contribution in [2.75, 3.05) is 17.6 Å². The molecule has 1 amide bonds. The van der Waals surface area contributed by atoms with Crippen molar-refractivity contribution in [2.45, 2.75) is 44.1 Å². The molecule has 2 aromatic rings. The molecule has 0 fully saturated rings. The molecule has 0 spiro atoms. The monoisotopic (exact) mass is 364 g/mol. The smallest absolute Gasteiger partial charge is 0.233 e. The van der Waals surface area contributed by atoms with E-state index >= 15 is 0 Å². The van der Waals surface area contributed by atoms with Crippen LogP contribution in [-0.4, -0.2) is 38.8 Å². The first-order valence-electron chi connectivity index (χ1n) is 7.94. The Morgan fingerprint density at radius 3 is 2.58 bits per heavy atom.